The van der Waals surface area contributed by atoms with Crippen LogP contribution >= 0.6 is 0 Å². The zero-order chi connectivity index (χ0) is 20.7. The van der Waals surface area contributed by atoms with Crippen molar-refractivity contribution < 1.29 is 4.79 Å². The van der Waals surface area contributed by atoms with Crippen LogP contribution in [0, 0.1) is 12.8 Å². The van der Waals surface area contributed by atoms with Crippen LogP contribution in [0.4, 0.5) is 27.8 Å². The molecule has 3 aliphatic heterocycles. The summed E-state index contributed by atoms with van der Waals surface area (Å²) < 4.78 is 0. The number of piperidine rings is 2. The first-order valence-corrected chi connectivity index (χ1v) is 11.1. The van der Waals surface area contributed by atoms with Gasteiger partial charge >= 0.3 is 6.03 Å². The molecule has 2 saturated heterocycles. The van der Waals surface area contributed by atoms with Gasteiger partial charge in [-0.05, 0) is 62.3 Å². The molecule has 7 nitrogen and oxygen atoms in total. The van der Waals surface area contributed by atoms with E-state index in [9.17, 15) is 4.79 Å². The Kier molecular flexibility index (Phi) is 4.97. The van der Waals surface area contributed by atoms with E-state index in [0.717, 1.165) is 67.6 Å². The molecule has 7 heteroatoms. The number of nitrogens with zero attached hydrogens (tertiary/aromatic N) is 5. The van der Waals surface area contributed by atoms with Gasteiger partial charge in [-0.15, -0.1) is 0 Å². The fourth-order valence-corrected chi connectivity index (χ4v) is 5.06. The summed E-state index contributed by atoms with van der Waals surface area (Å²) in [5, 5.41) is 3.06. The van der Waals surface area contributed by atoms with Crippen LogP contribution in [0.15, 0.2) is 30.6 Å². The van der Waals surface area contributed by atoms with Gasteiger partial charge in [0, 0.05) is 32.4 Å². The van der Waals surface area contributed by atoms with E-state index in [1.54, 1.807) is 12.4 Å². The van der Waals surface area contributed by atoms with Gasteiger partial charge in [0.25, 0.3) is 0 Å². The van der Waals surface area contributed by atoms with Crippen molar-refractivity contribution >= 4 is 29.0 Å². The molecule has 158 valence electrons. The van der Waals surface area contributed by atoms with Crippen LogP contribution < -0.4 is 20.0 Å². The van der Waals surface area contributed by atoms with Gasteiger partial charge in [0.2, 0.25) is 0 Å². The van der Waals surface area contributed by atoms with Gasteiger partial charge in [-0.1, -0.05) is 6.92 Å². The van der Waals surface area contributed by atoms with Gasteiger partial charge in [0.05, 0.1) is 23.6 Å². The van der Waals surface area contributed by atoms with Crippen LogP contribution in [0.2, 0.25) is 0 Å². The molecule has 3 aliphatic rings. The normalized spacial score (nSPS) is 23.2. The molecule has 5 heterocycles. The number of carbonyl (C=O) groups is 1. The second-order valence-corrected chi connectivity index (χ2v) is 9.00. The molecular formula is C23H30N6O. The van der Waals surface area contributed by atoms with E-state index < -0.39 is 0 Å². The molecule has 5 rings (SSSR count). The van der Waals surface area contributed by atoms with Crippen LogP contribution in [-0.2, 0) is 0 Å². The molecule has 1 N–H and O–H groups in total. The molecular weight excluding hydrogens is 376 g/mol. The minimum Gasteiger partial charge on any atom is -0.366 e. The second kappa shape index (κ2) is 7.78. The Balaban J connectivity index is 1.49. The third-order valence-corrected chi connectivity index (χ3v) is 6.50. The van der Waals surface area contributed by atoms with Crippen molar-refractivity contribution in [1.82, 2.24) is 9.97 Å². The van der Waals surface area contributed by atoms with Gasteiger partial charge in [-0.25, -0.2) is 9.78 Å². The number of anilines is 4. The average Bonchev–Trinajstić information content (AvgIpc) is 2.74. The fourth-order valence-electron chi connectivity index (χ4n) is 5.06. The number of fused-ring (bicyclic) bond motifs is 4. The number of carbonyl (C=O) groups excluding carboxylic acids is 1. The molecule has 2 amide bonds. The van der Waals surface area contributed by atoms with Crippen molar-refractivity contribution in [3.63, 3.8) is 0 Å². The highest BCUT2D eigenvalue weighted by atomic mass is 16.2. The lowest BCUT2D eigenvalue weighted by Crippen LogP contribution is -2.56. The van der Waals surface area contributed by atoms with Gasteiger partial charge in [-0.2, -0.15) is 0 Å². The summed E-state index contributed by atoms with van der Waals surface area (Å²) in [6.45, 7) is 8.24. The topological polar surface area (TPSA) is 64.6 Å². The Morgan fingerprint density at radius 3 is 2.77 bits per heavy atom. The number of pyridine rings is 2. The maximum absolute atomic E-state index is 13.4. The third-order valence-electron chi connectivity index (χ3n) is 6.50. The van der Waals surface area contributed by atoms with E-state index in [4.69, 9.17) is 4.98 Å². The largest absolute Gasteiger partial charge is 0.366 e. The van der Waals surface area contributed by atoms with E-state index in [1.807, 2.05) is 17.9 Å². The Hall–Kier alpha value is -2.83. The molecule has 30 heavy (non-hydrogen) atoms. The number of urea groups is 1. The van der Waals surface area contributed by atoms with Crippen LogP contribution in [0.3, 0.4) is 0 Å². The van der Waals surface area contributed by atoms with Gasteiger partial charge in [-0.3, -0.25) is 9.88 Å². The maximum Gasteiger partial charge on any atom is 0.327 e. The summed E-state index contributed by atoms with van der Waals surface area (Å²) in [4.78, 5) is 29.3. The predicted octanol–water partition coefficient (Wildman–Crippen LogP) is 4.04. The van der Waals surface area contributed by atoms with Gasteiger partial charge in [0.1, 0.15) is 5.82 Å². The standard InChI is InChI=1S/C23H30N6O/c1-16-5-3-10-28(14-16)21-8-7-20-22(26-21)29(19-6-4-9-27(20)15-19)23(30)25-18-11-17(2)12-24-13-18/h7-8,11-13,16,19H,3-6,9-10,14-15H2,1-2H3,(H,25,30)/t16?,19-/m0/s1. The minimum atomic E-state index is -0.119. The highest BCUT2D eigenvalue weighted by Gasteiger charge is 2.38. The zero-order valence-electron chi connectivity index (χ0n) is 17.8. The van der Waals surface area contributed by atoms with Crippen molar-refractivity contribution in [1.29, 1.82) is 0 Å². The summed E-state index contributed by atoms with van der Waals surface area (Å²) >= 11 is 0. The molecule has 2 fully saturated rings. The van der Waals surface area contributed by atoms with Crippen LogP contribution in [0.1, 0.15) is 38.2 Å². The first kappa shape index (κ1) is 19.2. The van der Waals surface area contributed by atoms with Crippen molar-refractivity contribution in [2.45, 2.75) is 45.6 Å². The molecule has 2 bridgehead atoms. The van der Waals surface area contributed by atoms with Crippen molar-refractivity contribution in [3.8, 4) is 0 Å². The fraction of sp³-hybridized carbons (Fsp3) is 0.522. The molecule has 2 aromatic rings. The quantitative estimate of drug-likeness (QED) is 0.815. The predicted molar refractivity (Wildman–Crippen MR) is 121 cm³/mol. The Morgan fingerprint density at radius 1 is 1.10 bits per heavy atom. The second-order valence-electron chi connectivity index (χ2n) is 9.00. The molecule has 0 spiro atoms. The lowest BCUT2D eigenvalue weighted by atomic mass is 9.99. The Labute approximate surface area is 178 Å². The zero-order valence-corrected chi connectivity index (χ0v) is 17.8. The molecule has 2 atom stereocenters. The van der Waals surface area contributed by atoms with Crippen LogP contribution in [-0.4, -0.2) is 48.2 Å². The number of hydrogen-bond donors (Lipinski definition) is 1. The van der Waals surface area contributed by atoms with E-state index in [2.05, 4.69) is 39.2 Å². The summed E-state index contributed by atoms with van der Waals surface area (Å²) in [5.74, 6) is 2.45. The third kappa shape index (κ3) is 3.57. The average molecular weight is 407 g/mol. The first-order chi connectivity index (χ1) is 14.6. The molecule has 1 unspecified atom stereocenters. The van der Waals surface area contributed by atoms with Crippen molar-refractivity contribution in [2.24, 2.45) is 5.92 Å². The molecule has 0 aliphatic carbocycles. The number of aromatic nitrogens is 2. The van der Waals surface area contributed by atoms with Gasteiger partial charge in [0.15, 0.2) is 5.82 Å². The number of amides is 2. The van der Waals surface area contributed by atoms with E-state index in [1.165, 1.54) is 12.8 Å². The maximum atomic E-state index is 13.4. The van der Waals surface area contributed by atoms with Crippen molar-refractivity contribution in [3.05, 3.63) is 36.2 Å². The Bertz CT molecular complexity index is 947. The SMILES string of the molecule is Cc1cncc(NC(=O)N2c3nc(N4CCCC(C)C4)ccc3N3CCC[C@H]2C3)c1. The minimum absolute atomic E-state index is 0.119. The number of nitrogens with one attached hydrogen (secondary N) is 1. The molecule has 0 aromatic carbocycles. The van der Waals surface area contributed by atoms with Crippen molar-refractivity contribution in [2.75, 3.05) is 46.2 Å². The lowest BCUT2D eigenvalue weighted by molar-refractivity contribution is 0.252. The van der Waals surface area contributed by atoms with Gasteiger partial charge < -0.3 is 15.1 Å². The summed E-state index contributed by atoms with van der Waals surface area (Å²) in [5.41, 5.74) is 2.81. The number of hydrogen-bond acceptors (Lipinski definition) is 5. The Morgan fingerprint density at radius 2 is 1.93 bits per heavy atom. The number of rotatable bonds is 2. The van der Waals surface area contributed by atoms with E-state index >= 15 is 0 Å². The van der Waals surface area contributed by atoms with E-state index in [0.29, 0.717) is 5.92 Å². The van der Waals surface area contributed by atoms with Crippen LogP contribution in [0.5, 0.6) is 0 Å². The highest BCUT2D eigenvalue weighted by Crippen LogP contribution is 2.39. The lowest BCUT2D eigenvalue weighted by Gasteiger charge is -2.46. The molecule has 0 radical (unpaired) electrons. The van der Waals surface area contributed by atoms with Crippen LogP contribution in [0.25, 0.3) is 0 Å². The number of aryl methyl sites for hydroxylation is 1. The highest BCUT2D eigenvalue weighted by molar-refractivity contribution is 6.04. The van der Waals surface area contributed by atoms with E-state index in [-0.39, 0.29) is 12.1 Å². The molecule has 0 saturated carbocycles. The first-order valence-electron chi connectivity index (χ1n) is 11.1. The summed E-state index contributed by atoms with van der Waals surface area (Å²) in [7, 11) is 0. The monoisotopic (exact) mass is 406 g/mol. The molecule has 2 aromatic heterocycles. The smallest absolute Gasteiger partial charge is 0.327 e. The summed E-state index contributed by atoms with van der Waals surface area (Å²) in [6.07, 6.45) is 8.04. The summed E-state index contributed by atoms with van der Waals surface area (Å²) in [6, 6.07) is 6.26.